The lowest BCUT2D eigenvalue weighted by Gasteiger charge is -2.06. The van der Waals surface area contributed by atoms with Crippen LogP contribution < -0.4 is 5.32 Å². The van der Waals surface area contributed by atoms with E-state index in [4.69, 9.17) is 0 Å². The van der Waals surface area contributed by atoms with Crippen molar-refractivity contribution in [2.45, 2.75) is 33.1 Å². The summed E-state index contributed by atoms with van der Waals surface area (Å²) < 4.78 is 16.1. The minimum atomic E-state index is -2.31. The summed E-state index contributed by atoms with van der Waals surface area (Å²) in [6.45, 7) is 4.81. The van der Waals surface area contributed by atoms with E-state index in [0.717, 1.165) is 19.4 Å². The van der Waals surface area contributed by atoms with Gasteiger partial charge >= 0.3 is 0 Å². The highest BCUT2D eigenvalue weighted by Gasteiger charge is 2.15. The Balaban J connectivity index is 2.69. The average Bonchev–Trinajstić information content (AvgIpc) is 2.27. The van der Waals surface area contributed by atoms with Crippen LogP contribution in [0.3, 0.4) is 0 Å². The third kappa shape index (κ3) is 4.75. The van der Waals surface area contributed by atoms with E-state index in [-0.39, 0.29) is 11.8 Å². The lowest BCUT2D eigenvalue weighted by atomic mass is 10.1. The van der Waals surface area contributed by atoms with Gasteiger partial charge in [-0.05, 0) is 25.3 Å². The summed E-state index contributed by atoms with van der Waals surface area (Å²) in [6.07, 6.45) is 2.31. The maximum absolute atomic E-state index is 12.2. The van der Waals surface area contributed by atoms with Crippen LogP contribution in [-0.2, 0) is 14.5 Å². The smallest absolute Gasteiger partial charge is 0.254 e. The molecule has 1 heterocycles. The van der Waals surface area contributed by atoms with Gasteiger partial charge in [0.05, 0.1) is 15.6 Å². The molecular formula is C10H20N2O2S. The van der Waals surface area contributed by atoms with Gasteiger partial charge < -0.3 is 5.32 Å². The Morgan fingerprint density at radius 2 is 2.20 bits per heavy atom. The van der Waals surface area contributed by atoms with Crippen molar-refractivity contribution in [1.82, 2.24) is 5.32 Å². The van der Waals surface area contributed by atoms with Crippen molar-refractivity contribution < 1.29 is 9.00 Å². The lowest BCUT2D eigenvalue weighted by molar-refractivity contribution is -0.118. The molecule has 0 aliphatic carbocycles. The molecule has 1 amide bonds. The number of hydrogen-bond donors (Lipinski definition) is 1. The van der Waals surface area contributed by atoms with E-state index in [1.807, 2.05) is 13.8 Å². The van der Waals surface area contributed by atoms with Gasteiger partial charge in [-0.15, -0.1) is 0 Å². The van der Waals surface area contributed by atoms with E-state index >= 15 is 0 Å². The average molecular weight is 232 g/mol. The van der Waals surface area contributed by atoms with Gasteiger partial charge in [0.25, 0.3) is 5.91 Å². The van der Waals surface area contributed by atoms with Gasteiger partial charge in [-0.3, -0.25) is 4.79 Å². The summed E-state index contributed by atoms with van der Waals surface area (Å²) in [5, 5.41) is 3.08. The summed E-state index contributed by atoms with van der Waals surface area (Å²) in [7, 11) is -2.31. The molecule has 0 saturated carbocycles. The number of rotatable bonds is 2. The zero-order chi connectivity index (χ0) is 11.3. The summed E-state index contributed by atoms with van der Waals surface area (Å²) in [4.78, 5) is 11.5. The molecule has 1 aliphatic heterocycles. The van der Waals surface area contributed by atoms with Crippen LogP contribution >= 0.6 is 0 Å². The Morgan fingerprint density at radius 1 is 1.47 bits per heavy atom. The molecular weight excluding hydrogens is 212 g/mol. The number of carbonyl (C=O) groups excluding carboxylic acids is 1. The largest absolute Gasteiger partial charge is 0.305 e. The number of hydrogen-bond acceptors (Lipinski definition) is 3. The molecule has 1 unspecified atom stereocenters. The summed E-state index contributed by atoms with van der Waals surface area (Å²) in [5.74, 6) is 1.00. The highest BCUT2D eigenvalue weighted by molar-refractivity contribution is 7.93. The fourth-order valence-corrected chi connectivity index (χ4v) is 3.40. The Bertz CT molecular complexity index is 316. The molecule has 1 saturated heterocycles. The minimum Gasteiger partial charge on any atom is -0.305 e. The van der Waals surface area contributed by atoms with Crippen molar-refractivity contribution in [3.8, 4) is 0 Å². The summed E-state index contributed by atoms with van der Waals surface area (Å²) in [6, 6.07) is 0. The van der Waals surface area contributed by atoms with Crippen LogP contribution in [0, 0.1) is 5.92 Å². The van der Waals surface area contributed by atoms with Gasteiger partial charge in [-0.1, -0.05) is 13.8 Å². The summed E-state index contributed by atoms with van der Waals surface area (Å²) in [5.41, 5.74) is 0. The van der Waals surface area contributed by atoms with Gasteiger partial charge in [0.1, 0.15) is 0 Å². The van der Waals surface area contributed by atoms with Crippen LogP contribution in [-0.4, -0.2) is 28.3 Å². The van der Waals surface area contributed by atoms with E-state index in [9.17, 15) is 9.00 Å². The van der Waals surface area contributed by atoms with Crippen LogP contribution in [0.2, 0.25) is 0 Å². The van der Waals surface area contributed by atoms with Crippen molar-refractivity contribution in [1.29, 1.82) is 0 Å². The van der Waals surface area contributed by atoms with Crippen LogP contribution in [0.5, 0.6) is 0 Å². The van der Waals surface area contributed by atoms with E-state index in [1.165, 1.54) is 0 Å². The zero-order valence-corrected chi connectivity index (χ0v) is 10.3. The van der Waals surface area contributed by atoms with E-state index in [0.29, 0.717) is 18.1 Å². The van der Waals surface area contributed by atoms with Crippen molar-refractivity contribution in [3.63, 3.8) is 0 Å². The monoisotopic (exact) mass is 232 g/mol. The first-order valence-corrected chi connectivity index (χ1v) is 7.33. The van der Waals surface area contributed by atoms with Gasteiger partial charge in [0, 0.05) is 12.2 Å². The lowest BCUT2D eigenvalue weighted by Crippen LogP contribution is -2.23. The normalized spacial score (nSPS) is 27.4. The SMILES string of the molecule is CC(C)CC(=O)N=S1(=O)CCCCNC1. The van der Waals surface area contributed by atoms with Crippen molar-refractivity contribution in [3.05, 3.63) is 0 Å². The van der Waals surface area contributed by atoms with Gasteiger partial charge in [-0.25, -0.2) is 4.21 Å². The molecule has 0 bridgehead atoms. The third-order valence-electron chi connectivity index (χ3n) is 2.25. The topological polar surface area (TPSA) is 58.5 Å². The molecule has 15 heavy (non-hydrogen) atoms. The summed E-state index contributed by atoms with van der Waals surface area (Å²) >= 11 is 0. The van der Waals surface area contributed by atoms with Gasteiger partial charge in [0.2, 0.25) is 0 Å². The molecule has 5 heteroatoms. The predicted octanol–water partition coefficient (Wildman–Crippen LogP) is 1.37. The van der Waals surface area contributed by atoms with Crippen molar-refractivity contribution in [2.75, 3.05) is 18.2 Å². The maximum Gasteiger partial charge on any atom is 0.254 e. The first-order chi connectivity index (χ1) is 7.02. The molecule has 0 aromatic carbocycles. The van der Waals surface area contributed by atoms with E-state index < -0.39 is 9.73 Å². The molecule has 88 valence electrons. The van der Waals surface area contributed by atoms with E-state index in [2.05, 4.69) is 9.68 Å². The molecule has 0 radical (unpaired) electrons. The molecule has 1 aliphatic rings. The Morgan fingerprint density at radius 3 is 2.87 bits per heavy atom. The molecule has 1 atom stereocenters. The first kappa shape index (κ1) is 12.6. The quantitative estimate of drug-likeness (QED) is 0.782. The third-order valence-corrected chi connectivity index (χ3v) is 4.36. The highest BCUT2D eigenvalue weighted by Crippen LogP contribution is 2.08. The van der Waals surface area contributed by atoms with Crippen molar-refractivity contribution in [2.24, 2.45) is 10.3 Å². The molecule has 4 nitrogen and oxygen atoms in total. The molecule has 0 aromatic rings. The molecule has 1 N–H and O–H groups in total. The second-order valence-corrected chi connectivity index (χ2v) is 6.84. The van der Waals surface area contributed by atoms with Crippen LogP contribution in [0.15, 0.2) is 4.36 Å². The Hall–Kier alpha value is -0.420. The van der Waals surface area contributed by atoms with Crippen LogP contribution in [0.4, 0.5) is 0 Å². The minimum absolute atomic E-state index is 0.210. The number of carbonyl (C=O) groups is 1. The Labute approximate surface area is 92.0 Å². The van der Waals surface area contributed by atoms with Crippen LogP contribution in [0.25, 0.3) is 0 Å². The number of nitrogens with one attached hydrogen (secondary N) is 1. The molecule has 0 aromatic heterocycles. The predicted molar refractivity (Wildman–Crippen MR) is 62.0 cm³/mol. The fourth-order valence-electron chi connectivity index (χ4n) is 1.53. The Kier molecular flexibility index (Phi) is 4.73. The second-order valence-electron chi connectivity index (χ2n) is 4.41. The fraction of sp³-hybridized carbons (Fsp3) is 0.900. The number of amides is 1. The standard InChI is InChI=1S/C10H20N2O2S/c1-9(2)7-10(13)12-15(14)6-4-3-5-11-8-15/h9,11H,3-8H2,1-2H3. The highest BCUT2D eigenvalue weighted by atomic mass is 32.2. The second kappa shape index (κ2) is 5.61. The van der Waals surface area contributed by atoms with Gasteiger partial charge in [-0.2, -0.15) is 4.36 Å². The van der Waals surface area contributed by atoms with Gasteiger partial charge in [0.15, 0.2) is 0 Å². The number of nitrogens with zero attached hydrogens (tertiary/aromatic N) is 1. The molecule has 1 fully saturated rings. The zero-order valence-electron chi connectivity index (χ0n) is 9.49. The molecule has 1 rings (SSSR count). The van der Waals surface area contributed by atoms with Crippen molar-refractivity contribution >= 4 is 15.6 Å². The van der Waals surface area contributed by atoms with Crippen LogP contribution in [0.1, 0.15) is 33.1 Å². The van der Waals surface area contributed by atoms with E-state index in [1.54, 1.807) is 0 Å². The molecule has 0 spiro atoms. The first-order valence-electron chi connectivity index (χ1n) is 5.48. The maximum atomic E-state index is 12.2.